The van der Waals surface area contributed by atoms with E-state index in [1.807, 2.05) is 20.8 Å². The molecule has 0 aliphatic heterocycles. The predicted octanol–water partition coefficient (Wildman–Crippen LogP) is 0.799. The van der Waals surface area contributed by atoms with Crippen LogP contribution in [0.4, 0.5) is 0 Å². The van der Waals surface area contributed by atoms with Crippen molar-refractivity contribution in [2.45, 2.75) is 38.9 Å². The van der Waals surface area contributed by atoms with E-state index < -0.39 is 30.3 Å². The van der Waals surface area contributed by atoms with Gasteiger partial charge >= 0.3 is 81.3 Å². The quantitative estimate of drug-likeness (QED) is 0.648. The first kappa shape index (κ1) is 12.9. The molecule has 0 aliphatic rings. The Balaban J connectivity index is 4.30. The van der Waals surface area contributed by atoms with Gasteiger partial charge in [-0.2, -0.15) is 0 Å². The van der Waals surface area contributed by atoms with Crippen molar-refractivity contribution in [1.82, 2.24) is 0 Å². The van der Waals surface area contributed by atoms with E-state index in [-0.39, 0.29) is 0 Å². The molecule has 6 heteroatoms. The molecule has 0 aliphatic carbocycles. The van der Waals surface area contributed by atoms with Crippen LogP contribution in [0.1, 0.15) is 20.8 Å². The predicted molar refractivity (Wildman–Crippen MR) is 44.9 cm³/mol. The van der Waals surface area contributed by atoms with Gasteiger partial charge in [0.25, 0.3) is 0 Å². The van der Waals surface area contributed by atoms with Gasteiger partial charge in [-0.05, 0) is 0 Å². The summed E-state index contributed by atoms with van der Waals surface area (Å²) >= 11 is -4.98. The van der Waals surface area contributed by atoms with Gasteiger partial charge < -0.3 is 0 Å². The molecule has 0 spiro atoms. The van der Waals surface area contributed by atoms with Gasteiger partial charge in [-0.1, -0.05) is 0 Å². The first-order valence-corrected chi connectivity index (χ1v) is 11.1. The zero-order valence-electron chi connectivity index (χ0n) is 7.87. The topological polar surface area (TPSA) is 69.9 Å². The van der Waals surface area contributed by atoms with Gasteiger partial charge in [-0.15, -0.1) is 0 Å². The fraction of sp³-hybridized carbons (Fsp3) is 1.00. The SMILES string of the molecule is CC[Si](CC)(CC)[O][Zr]([OH])([OH])[OH]. The first-order chi connectivity index (χ1) is 5.39. The zero-order valence-corrected chi connectivity index (χ0v) is 11.3. The van der Waals surface area contributed by atoms with Crippen molar-refractivity contribution in [3.63, 3.8) is 0 Å². The third-order valence-corrected chi connectivity index (χ3v) is 12.1. The molecule has 0 heterocycles. The molecule has 0 atom stereocenters. The van der Waals surface area contributed by atoms with Crippen LogP contribution in [0.25, 0.3) is 0 Å². The van der Waals surface area contributed by atoms with Crippen LogP contribution in [0.3, 0.4) is 0 Å². The summed E-state index contributed by atoms with van der Waals surface area (Å²) in [5, 5.41) is 0. The van der Waals surface area contributed by atoms with Crippen molar-refractivity contribution < 1.29 is 34.1 Å². The summed E-state index contributed by atoms with van der Waals surface area (Å²) in [5.74, 6) is 0. The Hall–Kier alpha value is 0.940. The van der Waals surface area contributed by atoms with Gasteiger partial charge in [0.1, 0.15) is 0 Å². The van der Waals surface area contributed by atoms with Gasteiger partial charge in [0.05, 0.1) is 0 Å². The Morgan fingerprint density at radius 3 is 1.42 bits per heavy atom. The van der Waals surface area contributed by atoms with Crippen LogP contribution in [-0.2, 0) is 24.5 Å². The van der Waals surface area contributed by atoms with Gasteiger partial charge in [0.2, 0.25) is 0 Å². The van der Waals surface area contributed by atoms with Crippen LogP contribution < -0.4 is 0 Å². The Morgan fingerprint density at radius 2 is 1.33 bits per heavy atom. The molecule has 0 amide bonds. The van der Waals surface area contributed by atoms with Crippen molar-refractivity contribution in [3.05, 3.63) is 0 Å². The van der Waals surface area contributed by atoms with Crippen LogP contribution in [0.2, 0.25) is 18.1 Å². The van der Waals surface area contributed by atoms with E-state index in [0.717, 1.165) is 18.1 Å². The minimum atomic E-state index is -4.98. The molecule has 0 aromatic rings. The molecule has 74 valence electrons. The molecule has 0 aromatic heterocycles. The third kappa shape index (κ3) is 4.25. The molecule has 4 nitrogen and oxygen atoms in total. The summed E-state index contributed by atoms with van der Waals surface area (Å²) in [6.45, 7) is 5.91. The number of hydrogen-bond acceptors (Lipinski definition) is 4. The van der Waals surface area contributed by atoms with E-state index in [0.29, 0.717) is 0 Å². The van der Waals surface area contributed by atoms with E-state index in [9.17, 15) is 0 Å². The van der Waals surface area contributed by atoms with Gasteiger partial charge in [0, 0.05) is 0 Å². The zero-order chi connectivity index (χ0) is 9.83. The van der Waals surface area contributed by atoms with E-state index in [2.05, 4.69) is 0 Å². The van der Waals surface area contributed by atoms with Crippen molar-refractivity contribution in [1.29, 1.82) is 0 Å². The van der Waals surface area contributed by atoms with E-state index >= 15 is 0 Å². The molecular weight excluding hydrogens is 255 g/mol. The summed E-state index contributed by atoms with van der Waals surface area (Å²) in [4.78, 5) is 0. The van der Waals surface area contributed by atoms with Crippen molar-refractivity contribution in [3.8, 4) is 0 Å². The van der Waals surface area contributed by atoms with Crippen molar-refractivity contribution in [2.24, 2.45) is 0 Å². The molecule has 0 rings (SSSR count). The average Bonchev–Trinajstić information content (AvgIpc) is 1.99. The summed E-state index contributed by atoms with van der Waals surface area (Å²) < 4.78 is 31.7. The Morgan fingerprint density at radius 1 is 1.00 bits per heavy atom. The number of rotatable bonds is 5. The maximum atomic E-state index is 8.88. The van der Waals surface area contributed by atoms with Crippen molar-refractivity contribution >= 4 is 8.32 Å². The maximum absolute atomic E-state index is 8.88. The monoisotopic (exact) mass is 272 g/mol. The van der Waals surface area contributed by atoms with E-state index in [4.69, 9.17) is 12.1 Å². The molecular formula is C6H18O4SiZr. The molecule has 0 bridgehead atoms. The first-order valence-electron chi connectivity index (χ1n) is 4.26. The molecule has 0 saturated heterocycles. The minimum absolute atomic E-state index is 0.820. The molecule has 3 N–H and O–H groups in total. The molecule has 0 fully saturated rings. The van der Waals surface area contributed by atoms with Crippen LogP contribution in [0.5, 0.6) is 0 Å². The summed E-state index contributed by atoms with van der Waals surface area (Å²) in [6, 6.07) is 2.46. The fourth-order valence-electron chi connectivity index (χ4n) is 1.26. The van der Waals surface area contributed by atoms with Crippen LogP contribution in [0.15, 0.2) is 0 Å². The standard InChI is InChI=1S/C6H15OSi.3H2O.Zr/c1-4-8(7,5-2)6-3;;;;/h4-6H2,1-3H3;3*1H2;/q-1;;;;+4/p-3. The summed E-state index contributed by atoms with van der Waals surface area (Å²) in [5.41, 5.74) is 0. The normalized spacial score (nSPS) is 13.5. The van der Waals surface area contributed by atoms with Gasteiger partial charge in [0.15, 0.2) is 0 Å². The second kappa shape index (κ2) is 4.98. The summed E-state index contributed by atoms with van der Waals surface area (Å²) in [6.07, 6.45) is 0. The van der Waals surface area contributed by atoms with Crippen LogP contribution in [0, 0.1) is 0 Å². The van der Waals surface area contributed by atoms with Crippen LogP contribution in [-0.4, -0.2) is 17.9 Å². The van der Waals surface area contributed by atoms with Crippen LogP contribution >= 0.6 is 0 Å². The fourth-order valence-corrected chi connectivity index (χ4v) is 11.2. The molecule has 0 aromatic carbocycles. The second-order valence-corrected chi connectivity index (χ2v) is 11.9. The van der Waals surface area contributed by atoms with E-state index in [1.54, 1.807) is 0 Å². The Labute approximate surface area is 81.2 Å². The third-order valence-electron chi connectivity index (χ3n) is 2.29. The van der Waals surface area contributed by atoms with E-state index in [1.165, 1.54) is 0 Å². The van der Waals surface area contributed by atoms with Crippen molar-refractivity contribution in [2.75, 3.05) is 0 Å². The van der Waals surface area contributed by atoms with Gasteiger partial charge in [-0.25, -0.2) is 0 Å². The summed E-state index contributed by atoms with van der Waals surface area (Å²) in [7, 11) is -2.01. The Kier molecular flexibility index (Phi) is 5.37. The average molecular weight is 274 g/mol. The molecule has 0 saturated carbocycles. The second-order valence-electron chi connectivity index (χ2n) is 2.92. The van der Waals surface area contributed by atoms with Gasteiger partial charge in [-0.3, -0.25) is 0 Å². The molecule has 12 heavy (non-hydrogen) atoms. The molecule has 0 radical (unpaired) electrons. The molecule has 0 unspecified atom stereocenters. The Bertz CT molecular complexity index is 124. The number of hydrogen-bond donors (Lipinski definition) is 3.